The van der Waals surface area contributed by atoms with E-state index in [-0.39, 0.29) is 11.4 Å². The van der Waals surface area contributed by atoms with E-state index in [1.54, 1.807) is 42.5 Å². The quantitative estimate of drug-likeness (QED) is 0.454. The lowest BCUT2D eigenvalue weighted by Crippen LogP contribution is -2.58. The molecule has 148 valence electrons. The van der Waals surface area contributed by atoms with Gasteiger partial charge < -0.3 is 4.74 Å². The second kappa shape index (κ2) is 8.34. The lowest BCUT2D eigenvalue weighted by Gasteiger charge is -2.29. The van der Waals surface area contributed by atoms with Crippen molar-refractivity contribution in [1.29, 1.82) is 0 Å². The number of nitrogens with one attached hydrogen (secondary N) is 2. The van der Waals surface area contributed by atoms with Crippen LogP contribution in [0.2, 0.25) is 0 Å². The summed E-state index contributed by atoms with van der Waals surface area (Å²) in [4.78, 5) is 50.0. The molecular formula is C20H18N4O5. The molecule has 2 aromatic rings. The molecule has 1 fully saturated rings. The van der Waals surface area contributed by atoms with Gasteiger partial charge in [-0.15, -0.1) is 0 Å². The van der Waals surface area contributed by atoms with Crippen LogP contribution >= 0.6 is 0 Å². The number of hydrazone groups is 1. The Balaban J connectivity index is 1.78. The van der Waals surface area contributed by atoms with Crippen molar-refractivity contribution in [1.82, 2.24) is 10.7 Å². The standard InChI is InChI=1S/C20H18N4O5/c1-12-7-9-13(10-8-12)17(25)23-21-11-14-18(26)22-20(28)24(19(14)27)15-5-3-4-6-16(15)29-2/h3-11,14H,1-2H3,(H,23,25)(H,22,26,28)/b21-11-/t14-/m0/s1. The molecular weight excluding hydrogens is 376 g/mol. The van der Waals surface area contributed by atoms with Gasteiger partial charge in [-0.05, 0) is 31.2 Å². The Kier molecular flexibility index (Phi) is 5.68. The minimum absolute atomic E-state index is 0.187. The average molecular weight is 394 g/mol. The van der Waals surface area contributed by atoms with Crippen LogP contribution in [0.25, 0.3) is 0 Å². The summed E-state index contributed by atoms with van der Waals surface area (Å²) in [6.45, 7) is 1.89. The summed E-state index contributed by atoms with van der Waals surface area (Å²) in [6, 6.07) is 12.3. The summed E-state index contributed by atoms with van der Waals surface area (Å²) in [5, 5.41) is 5.82. The zero-order chi connectivity index (χ0) is 21.0. The summed E-state index contributed by atoms with van der Waals surface area (Å²) in [6.07, 6.45) is 0.985. The van der Waals surface area contributed by atoms with Crippen molar-refractivity contribution in [2.45, 2.75) is 6.92 Å². The summed E-state index contributed by atoms with van der Waals surface area (Å²) in [7, 11) is 1.40. The first-order chi connectivity index (χ1) is 13.9. The number of methoxy groups -OCH3 is 1. The smallest absolute Gasteiger partial charge is 0.335 e. The van der Waals surface area contributed by atoms with Gasteiger partial charge in [0.15, 0.2) is 5.92 Å². The number of amides is 5. The Morgan fingerprint density at radius 2 is 1.83 bits per heavy atom. The van der Waals surface area contributed by atoms with E-state index in [1.807, 2.05) is 6.92 Å². The number of urea groups is 1. The number of nitrogens with zero attached hydrogens (tertiary/aromatic N) is 2. The van der Waals surface area contributed by atoms with Gasteiger partial charge in [0.05, 0.1) is 12.8 Å². The maximum Gasteiger partial charge on any atom is 0.335 e. The first kappa shape index (κ1) is 19.7. The van der Waals surface area contributed by atoms with Gasteiger partial charge in [-0.25, -0.2) is 15.1 Å². The van der Waals surface area contributed by atoms with E-state index in [9.17, 15) is 19.2 Å². The fraction of sp³-hybridized carbons (Fsp3) is 0.150. The van der Waals surface area contributed by atoms with Crippen LogP contribution in [0, 0.1) is 12.8 Å². The number of aryl methyl sites for hydroxylation is 1. The second-order valence-corrected chi connectivity index (χ2v) is 6.20. The summed E-state index contributed by atoms with van der Waals surface area (Å²) in [5.41, 5.74) is 3.82. The van der Waals surface area contributed by atoms with Crippen LogP contribution in [0.3, 0.4) is 0 Å². The maximum absolute atomic E-state index is 12.8. The Morgan fingerprint density at radius 1 is 1.14 bits per heavy atom. The molecule has 0 aromatic heterocycles. The van der Waals surface area contributed by atoms with Crippen LogP contribution in [0.1, 0.15) is 15.9 Å². The molecule has 5 amide bonds. The van der Waals surface area contributed by atoms with Gasteiger partial charge in [-0.1, -0.05) is 29.8 Å². The number of carbonyl (C=O) groups excluding carboxylic acids is 4. The molecule has 0 spiro atoms. The molecule has 0 bridgehead atoms. The molecule has 0 saturated carbocycles. The van der Waals surface area contributed by atoms with Gasteiger partial charge in [0, 0.05) is 11.8 Å². The number of hydrogen-bond acceptors (Lipinski definition) is 6. The molecule has 0 radical (unpaired) electrons. The van der Waals surface area contributed by atoms with Gasteiger partial charge in [0.25, 0.3) is 11.8 Å². The molecule has 1 aliphatic rings. The summed E-state index contributed by atoms with van der Waals surface area (Å²) in [5.74, 6) is -3.25. The van der Waals surface area contributed by atoms with Gasteiger partial charge in [-0.3, -0.25) is 19.7 Å². The third-order valence-electron chi connectivity index (χ3n) is 4.23. The highest BCUT2D eigenvalue weighted by atomic mass is 16.5. The molecule has 1 heterocycles. The highest BCUT2D eigenvalue weighted by Crippen LogP contribution is 2.30. The van der Waals surface area contributed by atoms with E-state index in [2.05, 4.69) is 15.8 Å². The largest absolute Gasteiger partial charge is 0.495 e. The third-order valence-corrected chi connectivity index (χ3v) is 4.23. The third kappa shape index (κ3) is 4.13. The molecule has 9 heteroatoms. The van der Waals surface area contributed by atoms with Crippen molar-refractivity contribution in [2.75, 3.05) is 12.0 Å². The lowest BCUT2D eigenvalue weighted by molar-refractivity contribution is -0.131. The Hall–Kier alpha value is -4.01. The Bertz CT molecular complexity index is 1000. The molecule has 9 nitrogen and oxygen atoms in total. The van der Waals surface area contributed by atoms with Crippen molar-refractivity contribution >= 4 is 35.7 Å². The SMILES string of the molecule is COc1ccccc1N1C(=O)NC(=O)[C@H](/C=N\NC(=O)c2ccc(C)cc2)C1=O. The van der Waals surface area contributed by atoms with Crippen LogP contribution < -0.4 is 20.4 Å². The highest BCUT2D eigenvalue weighted by Gasteiger charge is 2.41. The Morgan fingerprint density at radius 3 is 2.52 bits per heavy atom. The normalized spacial score (nSPS) is 16.7. The van der Waals surface area contributed by atoms with Gasteiger partial charge in [-0.2, -0.15) is 5.10 Å². The monoisotopic (exact) mass is 394 g/mol. The first-order valence-electron chi connectivity index (χ1n) is 8.64. The molecule has 1 aliphatic heterocycles. The molecule has 1 atom stereocenters. The van der Waals surface area contributed by atoms with E-state index >= 15 is 0 Å². The van der Waals surface area contributed by atoms with Gasteiger partial charge >= 0.3 is 6.03 Å². The molecule has 2 N–H and O–H groups in total. The van der Waals surface area contributed by atoms with Crippen molar-refractivity contribution in [3.05, 3.63) is 59.7 Å². The highest BCUT2D eigenvalue weighted by molar-refractivity contribution is 6.32. The van der Waals surface area contributed by atoms with Crippen LogP contribution in [0.4, 0.5) is 10.5 Å². The number of rotatable bonds is 5. The molecule has 0 aliphatic carbocycles. The number of hydrogen-bond donors (Lipinski definition) is 2. The molecule has 3 rings (SSSR count). The zero-order valence-electron chi connectivity index (χ0n) is 15.7. The molecule has 1 saturated heterocycles. The summed E-state index contributed by atoms with van der Waals surface area (Å²) < 4.78 is 5.18. The predicted octanol–water partition coefficient (Wildman–Crippen LogP) is 1.62. The predicted molar refractivity (Wildman–Crippen MR) is 105 cm³/mol. The van der Waals surface area contributed by atoms with Crippen LogP contribution in [0.5, 0.6) is 5.75 Å². The van der Waals surface area contributed by atoms with Crippen LogP contribution in [-0.4, -0.2) is 37.1 Å². The second-order valence-electron chi connectivity index (χ2n) is 6.20. The van der Waals surface area contributed by atoms with Crippen molar-refractivity contribution in [2.24, 2.45) is 11.0 Å². The van der Waals surface area contributed by atoms with Crippen molar-refractivity contribution in [3.63, 3.8) is 0 Å². The number of imide groups is 2. The molecule has 0 unspecified atom stereocenters. The lowest BCUT2D eigenvalue weighted by atomic mass is 10.1. The topological polar surface area (TPSA) is 117 Å². The number of para-hydroxylation sites is 2. The van der Waals surface area contributed by atoms with Crippen LogP contribution in [0.15, 0.2) is 53.6 Å². The number of benzene rings is 2. The van der Waals surface area contributed by atoms with E-state index in [1.165, 1.54) is 13.2 Å². The van der Waals surface area contributed by atoms with E-state index in [4.69, 9.17) is 4.74 Å². The minimum atomic E-state index is -1.39. The summed E-state index contributed by atoms with van der Waals surface area (Å²) >= 11 is 0. The first-order valence-corrected chi connectivity index (χ1v) is 8.64. The average Bonchev–Trinajstić information content (AvgIpc) is 2.71. The maximum atomic E-state index is 12.8. The zero-order valence-corrected chi connectivity index (χ0v) is 15.7. The minimum Gasteiger partial charge on any atom is -0.495 e. The molecule has 29 heavy (non-hydrogen) atoms. The van der Waals surface area contributed by atoms with Crippen molar-refractivity contribution in [3.8, 4) is 5.75 Å². The molecule has 2 aromatic carbocycles. The number of carbonyl (C=O) groups is 4. The van der Waals surface area contributed by atoms with E-state index in [0.29, 0.717) is 5.56 Å². The van der Waals surface area contributed by atoms with Gasteiger partial charge in [0.2, 0.25) is 5.91 Å². The van der Waals surface area contributed by atoms with E-state index < -0.39 is 29.7 Å². The van der Waals surface area contributed by atoms with Crippen molar-refractivity contribution < 1.29 is 23.9 Å². The number of ether oxygens (including phenoxy) is 1. The fourth-order valence-corrected chi connectivity index (χ4v) is 2.70. The van der Waals surface area contributed by atoms with Crippen LogP contribution in [-0.2, 0) is 9.59 Å². The number of barbiturate groups is 1. The van der Waals surface area contributed by atoms with E-state index in [0.717, 1.165) is 16.7 Å². The number of anilines is 1. The fourth-order valence-electron chi connectivity index (χ4n) is 2.70. The Labute approximate surface area is 166 Å². The van der Waals surface area contributed by atoms with Gasteiger partial charge in [0.1, 0.15) is 5.75 Å².